The van der Waals surface area contributed by atoms with Crippen molar-refractivity contribution in [1.29, 1.82) is 0 Å². The molecule has 2 heterocycles. The summed E-state index contributed by atoms with van der Waals surface area (Å²) in [5, 5.41) is 21.8. The molecule has 0 fully saturated rings. The van der Waals surface area contributed by atoms with E-state index in [1.54, 1.807) is 12.1 Å². The van der Waals surface area contributed by atoms with Crippen molar-refractivity contribution in [2.75, 3.05) is 0 Å². The van der Waals surface area contributed by atoms with Gasteiger partial charge in [0, 0.05) is 28.3 Å². The summed E-state index contributed by atoms with van der Waals surface area (Å²) < 4.78 is 2.01. The van der Waals surface area contributed by atoms with Gasteiger partial charge in [-0.2, -0.15) is 0 Å². The van der Waals surface area contributed by atoms with Gasteiger partial charge in [-0.3, -0.25) is 14.5 Å². The van der Waals surface area contributed by atoms with Gasteiger partial charge in [-0.05, 0) is 42.3 Å². The molecule has 0 amide bonds. The van der Waals surface area contributed by atoms with Crippen LogP contribution in [0.3, 0.4) is 0 Å². The normalized spacial score (nSPS) is 11.3. The number of nitro benzene ring substituents is 1. The van der Waals surface area contributed by atoms with E-state index in [0.29, 0.717) is 10.8 Å². The number of benzene rings is 2. The molecule has 0 bridgehead atoms. The van der Waals surface area contributed by atoms with Gasteiger partial charge in [0.05, 0.1) is 10.4 Å². The van der Waals surface area contributed by atoms with E-state index in [0.717, 1.165) is 32.8 Å². The van der Waals surface area contributed by atoms with Crippen molar-refractivity contribution < 1.29 is 4.92 Å². The van der Waals surface area contributed by atoms with Crippen molar-refractivity contribution >= 4 is 45.6 Å². The maximum Gasteiger partial charge on any atom is 0.269 e. The molecule has 6 nitrogen and oxygen atoms in total. The van der Waals surface area contributed by atoms with Crippen LogP contribution in [0, 0.1) is 17.0 Å². The third-order valence-electron chi connectivity index (χ3n) is 4.14. The van der Waals surface area contributed by atoms with E-state index in [4.69, 9.17) is 11.6 Å². The third-order valence-corrected chi connectivity index (χ3v) is 5.38. The van der Waals surface area contributed by atoms with Crippen LogP contribution in [0.15, 0.2) is 53.7 Å². The third kappa shape index (κ3) is 3.00. The number of fused-ring (bicyclic) bond motifs is 3. The largest absolute Gasteiger partial charge is 0.270 e. The van der Waals surface area contributed by atoms with Crippen LogP contribution in [-0.4, -0.2) is 19.5 Å². The molecule has 0 spiro atoms. The average Bonchev–Trinajstić information content (AvgIpc) is 3.03. The molecule has 0 aliphatic rings. The Bertz CT molecular complexity index is 1140. The Morgan fingerprint density at radius 2 is 1.92 bits per heavy atom. The van der Waals surface area contributed by atoms with Gasteiger partial charge in [-0.25, -0.2) is 0 Å². The minimum Gasteiger partial charge on any atom is -0.270 e. The number of hydrogen-bond donors (Lipinski definition) is 0. The van der Waals surface area contributed by atoms with E-state index < -0.39 is 4.92 Å². The lowest BCUT2D eigenvalue weighted by molar-refractivity contribution is -0.384. The second kappa shape index (κ2) is 6.59. The van der Waals surface area contributed by atoms with Gasteiger partial charge in [-0.15, -0.1) is 10.2 Å². The molecule has 8 heteroatoms. The Kier molecular flexibility index (Phi) is 4.26. The minimum absolute atomic E-state index is 0.0880. The van der Waals surface area contributed by atoms with Gasteiger partial charge < -0.3 is 0 Å². The zero-order chi connectivity index (χ0) is 18.3. The molecule has 0 aliphatic carbocycles. The molecular formula is C18H13ClN4O2S. The van der Waals surface area contributed by atoms with Crippen LogP contribution in [0.4, 0.5) is 5.69 Å². The molecule has 0 atom stereocenters. The van der Waals surface area contributed by atoms with E-state index in [9.17, 15) is 10.1 Å². The van der Waals surface area contributed by atoms with E-state index in [-0.39, 0.29) is 5.69 Å². The summed E-state index contributed by atoms with van der Waals surface area (Å²) in [5.41, 5.74) is 3.94. The fourth-order valence-corrected chi connectivity index (χ4v) is 3.93. The van der Waals surface area contributed by atoms with Crippen LogP contribution in [0.5, 0.6) is 0 Å². The predicted molar refractivity (Wildman–Crippen MR) is 103 cm³/mol. The van der Waals surface area contributed by atoms with Crippen LogP contribution in [0.25, 0.3) is 16.6 Å². The molecule has 0 aliphatic heterocycles. The van der Waals surface area contributed by atoms with Gasteiger partial charge in [-0.1, -0.05) is 35.5 Å². The monoisotopic (exact) mass is 384 g/mol. The van der Waals surface area contributed by atoms with E-state index >= 15 is 0 Å². The maximum atomic E-state index is 10.7. The van der Waals surface area contributed by atoms with Crippen molar-refractivity contribution in [3.05, 3.63) is 74.8 Å². The van der Waals surface area contributed by atoms with Crippen molar-refractivity contribution in [3.63, 3.8) is 0 Å². The maximum absolute atomic E-state index is 10.7. The van der Waals surface area contributed by atoms with Crippen LogP contribution in [0.1, 0.15) is 11.1 Å². The van der Waals surface area contributed by atoms with E-state index in [1.807, 2.05) is 35.6 Å². The number of thioether (sulfide) groups is 1. The molecule has 0 unspecified atom stereocenters. The average molecular weight is 385 g/mol. The molecule has 0 N–H and O–H groups in total. The van der Waals surface area contributed by atoms with E-state index in [1.165, 1.54) is 23.9 Å². The number of non-ortho nitro benzene ring substituents is 1. The highest BCUT2D eigenvalue weighted by molar-refractivity contribution is 7.98. The molecule has 130 valence electrons. The fraction of sp³-hybridized carbons (Fsp3) is 0.111. The number of halogens is 1. The quantitative estimate of drug-likeness (QED) is 0.280. The molecule has 0 saturated carbocycles. The van der Waals surface area contributed by atoms with Crippen LogP contribution in [0.2, 0.25) is 5.02 Å². The lowest BCUT2D eigenvalue weighted by atomic mass is 10.1. The molecule has 0 saturated heterocycles. The molecule has 4 rings (SSSR count). The van der Waals surface area contributed by atoms with Crippen molar-refractivity contribution in [1.82, 2.24) is 14.6 Å². The minimum atomic E-state index is -0.400. The molecule has 2 aromatic carbocycles. The van der Waals surface area contributed by atoms with Gasteiger partial charge in [0.1, 0.15) is 0 Å². The number of hydrogen-bond acceptors (Lipinski definition) is 5. The number of pyridine rings is 1. The molecule has 26 heavy (non-hydrogen) atoms. The number of aryl methyl sites for hydroxylation is 1. The zero-order valence-corrected chi connectivity index (χ0v) is 15.3. The Balaban J connectivity index is 1.69. The Morgan fingerprint density at radius 1 is 1.15 bits per heavy atom. The first-order valence-corrected chi connectivity index (χ1v) is 9.19. The molecule has 4 aromatic rings. The van der Waals surface area contributed by atoms with Crippen molar-refractivity contribution in [2.24, 2.45) is 0 Å². The topological polar surface area (TPSA) is 73.3 Å². The molecule has 2 aromatic heterocycles. The van der Waals surface area contributed by atoms with Gasteiger partial charge in [0.25, 0.3) is 5.69 Å². The van der Waals surface area contributed by atoms with Crippen LogP contribution >= 0.6 is 23.4 Å². The molecule has 0 radical (unpaired) electrons. The van der Waals surface area contributed by atoms with Gasteiger partial charge >= 0.3 is 0 Å². The number of rotatable bonds is 4. The van der Waals surface area contributed by atoms with Crippen molar-refractivity contribution in [2.45, 2.75) is 17.8 Å². The lowest BCUT2D eigenvalue weighted by Gasteiger charge is -2.08. The van der Waals surface area contributed by atoms with Crippen LogP contribution in [-0.2, 0) is 5.75 Å². The number of nitro groups is 1. The smallest absolute Gasteiger partial charge is 0.269 e. The summed E-state index contributed by atoms with van der Waals surface area (Å²) in [7, 11) is 0. The second-order valence-electron chi connectivity index (χ2n) is 5.88. The highest BCUT2D eigenvalue weighted by atomic mass is 35.5. The number of nitrogens with zero attached hydrogens (tertiary/aromatic N) is 4. The fourth-order valence-electron chi connectivity index (χ4n) is 2.85. The highest BCUT2D eigenvalue weighted by Gasteiger charge is 2.12. The SMILES string of the molecule is Cc1cc2nnc(SCc3ccc([N+](=O)[O-])cc3)n2c2ccc(Cl)cc12. The molecular weight excluding hydrogens is 372 g/mol. The summed E-state index contributed by atoms with van der Waals surface area (Å²) >= 11 is 7.67. The first-order chi connectivity index (χ1) is 12.5. The van der Waals surface area contributed by atoms with Crippen LogP contribution < -0.4 is 0 Å². The number of aromatic nitrogens is 3. The standard InChI is InChI=1S/C18H13ClN4O2S/c1-11-8-17-20-21-18(22(17)16-7-4-13(19)9-15(11)16)26-10-12-2-5-14(6-3-12)23(24)25/h2-9H,10H2,1H3. The summed E-state index contributed by atoms with van der Waals surface area (Å²) in [5.74, 6) is 0.641. The lowest BCUT2D eigenvalue weighted by Crippen LogP contribution is -1.94. The predicted octanol–water partition coefficient (Wildman–Crippen LogP) is 5.04. The summed E-state index contributed by atoms with van der Waals surface area (Å²) in [6.45, 7) is 2.02. The Hall–Kier alpha value is -2.64. The Morgan fingerprint density at radius 3 is 2.65 bits per heavy atom. The summed E-state index contributed by atoms with van der Waals surface area (Å²) in [6, 6.07) is 14.3. The van der Waals surface area contributed by atoms with E-state index in [2.05, 4.69) is 10.2 Å². The van der Waals surface area contributed by atoms with Gasteiger partial charge in [0.15, 0.2) is 10.8 Å². The first kappa shape index (κ1) is 16.8. The Labute approximate surface area is 158 Å². The summed E-state index contributed by atoms with van der Waals surface area (Å²) in [4.78, 5) is 10.3. The second-order valence-corrected chi connectivity index (χ2v) is 7.26. The van der Waals surface area contributed by atoms with Crippen molar-refractivity contribution in [3.8, 4) is 0 Å². The first-order valence-electron chi connectivity index (χ1n) is 7.83. The van der Waals surface area contributed by atoms with Gasteiger partial charge in [0.2, 0.25) is 0 Å². The highest BCUT2D eigenvalue weighted by Crippen LogP contribution is 2.29. The zero-order valence-electron chi connectivity index (χ0n) is 13.7. The summed E-state index contributed by atoms with van der Waals surface area (Å²) in [6.07, 6.45) is 0.